The fourth-order valence-electron chi connectivity index (χ4n) is 4.87. The molecule has 0 radical (unpaired) electrons. The van der Waals surface area contributed by atoms with E-state index in [1.54, 1.807) is 0 Å². The quantitative estimate of drug-likeness (QED) is 0.353. The summed E-state index contributed by atoms with van der Waals surface area (Å²) < 4.78 is 6.08. The van der Waals surface area contributed by atoms with Crippen molar-refractivity contribution in [3.63, 3.8) is 0 Å². The zero-order valence-corrected chi connectivity index (χ0v) is 17.6. The highest BCUT2D eigenvalue weighted by molar-refractivity contribution is 5.99. The fraction of sp³-hybridized carbons (Fsp3) is 0.423. The van der Waals surface area contributed by atoms with Crippen molar-refractivity contribution < 1.29 is 9.53 Å². The Morgan fingerprint density at radius 3 is 2.18 bits per heavy atom. The van der Waals surface area contributed by atoms with Crippen LogP contribution in [0.4, 0.5) is 0 Å². The molecule has 1 aliphatic carbocycles. The third kappa shape index (κ3) is 3.09. The van der Waals surface area contributed by atoms with Gasteiger partial charge in [0.1, 0.15) is 6.10 Å². The summed E-state index contributed by atoms with van der Waals surface area (Å²) in [4.78, 5) is 13.2. The number of esters is 1. The molecule has 0 spiro atoms. The van der Waals surface area contributed by atoms with E-state index >= 15 is 0 Å². The SMILES string of the molecule is CC(C)CC1(C(=O)OC(C)c2cccc3cc4ccccc4cc23)CC1(C)C. The van der Waals surface area contributed by atoms with Crippen LogP contribution in [0.2, 0.25) is 0 Å². The van der Waals surface area contributed by atoms with Crippen molar-refractivity contribution in [3.8, 4) is 0 Å². The number of hydrogen-bond donors (Lipinski definition) is 0. The number of hydrogen-bond acceptors (Lipinski definition) is 2. The molecule has 0 bridgehead atoms. The van der Waals surface area contributed by atoms with E-state index in [9.17, 15) is 4.79 Å². The Bertz CT molecular complexity index is 1050. The molecule has 2 unspecified atom stereocenters. The molecule has 0 aromatic heterocycles. The lowest BCUT2D eigenvalue weighted by molar-refractivity contribution is -0.157. The van der Waals surface area contributed by atoms with Gasteiger partial charge in [-0.05, 0) is 64.8 Å². The third-order valence-corrected chi connectivity index (χ3v) is 6.56. The average molecular weight is 375 g/mol. The van der Waals surface area contributed by atoms with E-state index in [2.05, 4.69) is 82.3 Å². The largest absolute Gasteiger partial charge is 0.457 e. The highest BCUT2D eigenvalue weighted by Crippen LogP contribution is 2.67. The Morgan fingerprint density at radius 2 is 1.57 bits per heavy atom. The van der Waals surface area contributed by atoms with Crippen LogP contribution in [-0.2, 0) is 9.53 Å². The number of rotatable bonds is 5. The highest BCUT2D eigenvalue weighted by Gasteiger charge is 2.67. The second-order valence-electron chi connectivity index (χ2n) is 9.56. The summed E-state index contributed by atoms with van der Waals surface area (Å²) in [6.45, 7) is 10.7. The van der Waals surface area contributed by atoms with Crippen LogP contribution in [0.25, 0.3) is 21.5 Å². The van der Waals surface area contributed by atoms with Gasteiger partial charge in [0.15, 0.2) is 0 Å². The molecular weight excluding hydrogens is 344 g/mol. The van der Waals surface area contributed by atoms with Gasteiger partial charge in [-0.3, -0.25) is 4.79 Å². The third-order valence-electron chi connectivity index (χ3n) is 6.56. The van der Waals surface area contributed by atoms with Gasteiger partial charge >= 0.3 is 5.97 Å². The van der Waals surface area contributed by atoms with Crippen LogP contribution in [0.15, 0.2) is 54.6 Å². The Hall–Kier alpha value is -2.35. The van der Waals surface area contributed by atoms with Crippen molar-refractivity contribution in [2.75, 3.05) is 0 Å². The van der Waals surface area contributed by atoms with Gasteiger partial charge in [0.25, 0.3) is 0 Å². The predicted molar refractivity (Wildman–Crippen MR) is 116 cm³/mol. The summed E-state index contributed by atoms with van der Waals surface area (Å²) in [7, 11) is 0. The predicted octanol–water partition coefficient (Wildman–Crippen LogP) is 7.06. The normalized spacial score (nSPS) is 21.8. The van der Waals surface area contributed by atoms with Gasteiger partial charge in [-0.15, -0.1) is 0 Å². The van der Waals surface area contributed by atoms with Crippen molar-refractivity contribution in [1.82, 2.24) is 0 Å². The first-order valence-electron chi connectivity index (χ1n) is 10.4. The minimum absolute atomic E-state index is 0.0308. The first-order chi connectivity index (χ1) is 13.2. The lowest BCUT2D eigenvalue weighted by atomic mass is 9.87. The summed E-state index contributed by atoms with van der Waals surface area (Å²) in [5.41, 5.74) is 0.783. The zero-order chi connectivity index (χ0) is 20.1. The van der Waals surface area contributed by atoms with Crippen molar-refractivity contribution in [3.05, 3.63) is 60.2 Å². The van der Waals surface area contributed by atoms with Gasteiger partial charge in [0.2, 0.25) is 0 Å². The van der Waals surface area contributed by atoms with Crippen molar-refractivity contribution in [2.45, 2.75) is 53.6 Å². The van der Waals surface area contributed by atoms with E-state index in [-0.39, 0.29) is 22.9 Å². The monoisotopic (exact) mass is 374 g/mol. The van der Waals surface area contributed by atoms with Gasteiger partial charge < -0.3 is 4.74 Å². The summed E-state index contributed by atoms with van der Waals surface area (Å²) in [5.74, 6) is 0.449. The maximum Gasteiger partial charge on any atom is 0.313 e. The standard InChI is InChI=1S/C26H30O2/c1-17(2)15-26(16-25(26,4)5)24(27)28-18(3)22-12-8-11-21-13-19-9-6-7-10-20(19)14-23(21)22/h6-14,17-18H,15-16H2,1-5H3. The van der Waals surface area contributed by atoms with Crippen LogP contribution in [-0.4, -0.2) is 5.97 Å². The first-order valence-corrected chi connectivity index (χ1v) is 10.4. The first kappa shape index (κ1) is 19.0. The molecule has 0 amide bonds. The molecule has 2 heteroatoms. The lowest BCUT2D eigenvalue weighted by Gasteiger charge is -2.24. The fourth-order valence-corrected chi connectivity index (χ4v) is 4.87. The second kappa shape index (κ2) is 6.62. The Kier molecular flexibility index (Phi) is 4.49. The number of carbonyl (C=O) groups excluding carboxylic acids is 1. The molecule has 0 aliphatic heterocycles. The van der Waals surface area contributed by atoms with E-state index in [1.807, 2.05) is 6.92 Å². The van der Waals surface area contributed by atoms with Gasteiger partial charge in [0.05, 0.1) is 5.41 Å². The minimum Gasteiger partial charge on any atom is -0.457 e. The second-order valence-corrected chi connectivity index (χ2v) is 9.56. The lowest BCUT2D eigenvalue weighted by Crippen LogP contribution is -2.26. The average Bonchev–Trinajstić information content (AvgIpc) is 3.20. The number of ether oxygens (including phenoxy) is 1. The van der Waals surface area contributed by atoms with E-state index in [4.69, 9.17) is 4.74 Å². The van der Waals surface area contributed by atoms with Gasteiger partial charge in [-0.25, -0.2) is 0 Å². The van der Waals surface area contributed by atoms with Crippen molar-refractivity contribution >= 4 is 27.5 Å². The molecule has 0 heterocycles. The molecule has 2 nitrogen and oxygen atoms in total. The van der Waals surface area contributed by atoms with Crippen LogP contribution in [0.1, 0.15) is 59.1 Å². The Balaban J connectivity index is 1.66. The Morgan fingerprint density at radius 1 is 0.964 bits per heavy atom. The summed E-state index contributed by atoms with van der Waals surface area (Å²) in [6, 6.07) is 19.1. The van der Waals surface area contributed by atoms with Crippen LogP contribution in [0, 0.1) is 16.7 Å². The molecule has 1 saturated carbocycles. The molecule has 0 saturated heterocycles. The number of benzene rings is 3. The van der Waals surface area contributed by atoms with Gasteiger partial charge in [-0.2, -0.15) is 0 Å². The van der Waals surface area contributed by atoms with Crippen LogP contribution >= 0.6 is 0 Å². The van der Waals surface area contributed by atoms with Crippen molar-refractivity contribution in [1.29, 1.82) is 0 Å². The molecule has 0 N–H and O–H groups in total. The maximum absolute atomic E-state index is 13.2. The molecule has 3 aromatic carbocycles. The molecule has 146 valence electrons. The summed E-state index contributed by atoms with van der Waals surface area (Å²) >= 11 is 0. The van der Waals surface area contributed by atoms with E-state index in [0.29, 0.717) is 5.92 Å². The molecule has 2 atom stereocenters. The van der Waals surface area contributed by atoms with Gasteiger partial charge in [0, 0.05) is 5.56 Å². The van der Waals surface area contributed by atoms with Gasteiger partial charge in [-0.1, -0.05) is 70.2 Å². The zero-order valence-electron chi connectivity index (χ0n) is 17.6. The van der Waals surface area contributed by atoms with Crippen LogP contribution in [0.3, 0.4) is 0 Å². The summed E-state index contributed by atoms with van der Waals surface area (Å²) in [6.07, 6.45) is 1.55. The van der Waals surface area contributed by atoms with Crippen molar-refractivity contribution in [2.24, 2.45) is 16.7 Å². The smallest absolute Gasteiger partial charge is 0.313 e. The van der Waals surface area contributed by atoms with Crippen LogP contribution < -0.4 is 0 Å². The molecule has 3 aromatic rings. The molecule has 1 fully saturated rings. The topological polar surface area (TPSA) is 26.3 Å². The van der Waals surface area contributed by atoms with E-state index in [0.717, 1.165) is 23.8 Å². The van der Waals surface area contributed by atoms with E-state index < -0.39 is 0 Å². The minimum atomic E-state index is -0.327. The molecule has 28 heavy (non-hydrogen) atoms. The number of fused-ring (bicyclic) bond motifs is 2. The molecule has 1 aliphatic rings. The highest BCUT2D eigenvalue weighted by atomic mass is 16.5. The maximum atomic E-state index is 13.2. The van der Waals surface area contributed by atoms with Crippen LogP contribution in [0.5, 0.6) is 0 Å². The molecular formula is C26H30O2. The Labute approximate surface area is 167 Å². The molecule has 4 rings (SSSR count). The summed E-state index contributed by atoms with van der Waals surface area (Å²) in [5, 5.41) is 4.78. The number of carbonyl (C=O) groups is 1. The van der Waals surface area contributed by atoms with E-state index in [1.165, 1.54) is 16.2 Å².